The summed E-state index contributed by atoms with van der Waals surface area (Å²) in [4.78, 5) is 0. The van der Waals surface area contributed by atoms with Crippen LogP contribution in [0.1, 0.15) is 26.3 Å². The number of hydrogen-bond acceptors (Lipinski definition) is 1. The van der Waals surface area contributed by atoms with Gasteiger partial charge in [0, 0.05) is 11.4 Å². The fraction of sp³-hybridized carbons (Fsp3) is 0.235. The number of rotatable bonds is 2. The van der Waals surface area contributed by atoms with E-state index in [0.717, 1.165) is 11.3 Å². The molecule has 5 heteroatoms. The number of thiocarbonyl (C=S) groups is 1. The minimum Gasteiger partial charge on any atom is -0.332 e. The van der Waals surface area contributed by atoms with Gasteiger partial charge in [0.25, 0.3) is 0 Å². The van der Waals surface area contributed by atoms with Gasteiger partial charge in [-0.2, -0.15) is 0 Å². The zero-order valence-corrected chi connectivity index (χ0v) is 14.3. The number of para-hydroxylation sites is 1. The molecule has 0 radical (unpaired) electrons. The summed E-state index contributed by atoms with van der Waals surface area (Å²) in [6, 6.07) is 12.4. The first-order valence-electron chi connectivity index (χ1n) is 6.90. The van der Waals surface area contributed by atoms with Crippen molar-refractivity contribution in [1.82, 2.24) is 0 Å². The average Bonchev–Trinajstić information content (AvgIpc) is 2.42. The van der Waals surface area contributed by atoms with E-state index in [0.29, 0.717) is 10.8 Å². The van der Waals surface area contributed by atoms with Crippen molar-refractivity contribution in [1.29, 1.82) is 0 Å². The van der Waals surface area contributed by atoms with E-state index < -0.39 is 5.82 Å². The van der Waals surface area contributed by atoms with Gasteiger partial charge in [-0.3, -0.25) is 0 Å². The van der Waals surface area contributed by atoms with Gasteiger partial charge in [-0.05, 0) is 47.5 Å². The molecular weight excluding hydrogens is 319 g/mol. The molecule has 0 aliphatic rings. The zero-order chi connectivity index (χ0) is 16.3. The average molecular weight is 337 g/mol. The van der Waals surface area contributed by atoms with Crippen molar-refractivity contribution in [2.24, 2.45) is 0 Å². The topological polar surface area (TPSA) is 24.1 Å². The van der Waals surface area contributed by atoms with E-state index >= 15 is 0 Å². The lowest BCUT2D eigenvalue weighted by Crippen LogP contribution is -2.22. The lowest BCUT2D eigenvalue weighted by Gasteiger charge is -2.23. The molecule has 2 nitrogen and oxygen atoms in total. The Bertz CT molecular complexity index is 695. The second-order valence-electron chi connectivity index (χ2n) is 6.00. The Hall–Kier alpha value is -1.65. The number of hydrogen-bond donors (Lipinski definition) is 2. The van der Waals surface area contributed by atoms with E-state index in [1.807, 2.05) is 18.2 Å². The Balaban J connectivity index is 2.14. The van der Waals surface area contributed by atoms with Gasteiger partial charge in [0.05, 0.1) is 5.02 Å². The molecule has 22 heavy (non-hydrogen) atoms. The number of benzene rings is 2. The first kappa shape index (κ1) is 16.7. The summed E-state index contributed by atoms with van der Waals surface area (Å²) in [6.45, 7) is 6.43. The van der Waals surface area contributed by atoms with Crippen LogP contribution >= 0.6 is 23.8 Å². The molecule has 0 saturated carbocycles. The summed E-state index contributed by atoms with van der Waals surface area (Å²) in [7, 11) is 0. The Labute approximate surface area is 140 Å². The fourth-order valence-electron chi connectivity index (χ4n) is 2.10. The van der Waals surface area contributed by atoms with Gasteiger partial charge in [-0.1, -0.05) is 50.6 Å². The van der Waals surface area contributed by atoms with Gasteiger partial charge >= 0.3 is 0 Å². The van der Waals surface area contributed by atoms with E-state index in [1.54, 1.807) is 6.07 Å². The monoisotopic (exact) mass is 336 g/mol. The zero-order valence-electron chi connectivity index (χ0n) is 12.7. The molecule has 2 aromatic rings. The van der Waals surface area contributed by atoms with Crippen LogP contribution in [0.5, 0.6) is 0 Å². The molecule has 0 heterocycles. The van der Waals surface area contributed by atoms with E-state index in [-0.39, 0.29) is 10.4 Å². The Morgan fingerprint density at radius 2 is 1.77 bits per heavy atom. The maximum atomic E-state index is 13.2. The fourth-order valence-corrected chi connectivity index (χ4v) is 2.51. The van der Waals surface area contributed by atoms with Crippen LogP contribution < -0.4 is 10.6 Å². The van der Waals surface area contributed by atoms with Gasteiger partial charge in [-0.15, -0.1) is 0 Å². The molecule has 0 fully saturated rings. The van der Waals surface area contributed by atoms with Crippen LogP contribution in [-0.2, 0) is 5.41 Å². The molecule has 2 N–H and O–H groups in total. The summed E-state index contributed by atoms with van der Waals surface area (Å²) < 4.78 is 13.2. The summed E-state index contributed by atoms with van der Waals surface area (Å²) in [5.41, 5.74) is 2.74. The minimum atomic E-state index is -0.454. The van der Waals surface area contributed by atoms with Crippen LogP contribution in [0.4, 0.5) is 15.8 Å². The molecule has 2 aromatic carbocycles. The highest BCUT2D eigenvalue weighted by molar-refractivity contribution is 7.80. The van der Waals surface area contributed by atoms with Crippen LogP contribution in [-0.4, -0.2) is 5.11 Å². The van der Waals surface area contributed by atoms with E-state index in [4.69, 9.17) is 23.8 Å². The molecule has 0 amide bonds. The SMILES string of the molecule is CC(C)(C)c1ccccc1NC(=S)Nc1ccc(F)c(Cl)c1. The molecule has 116 valence electrons. The van der Waals surface area contributed by atoms with Gasteiger partial charge in [-0.25, -0.2) is 4.39 Å². The quantitative estimate of drug-likeness (QED) is 0.699. The Morgan fingerprint density at radius 3 is 2.41 bits per heavy atom. The molecule has 0 aromatic heterocycles. The second-order valence-corrected chi connectivity index (χ2v) is 6.82. The smallest absolute Gasteiger partial charge is 0.175 e. The van der Waals surface area contributed by atoms with Gasteiger partial charge in [0.2, 0.25) is 0 Å². The molecule has 0 saturated heterocycles. The van der Waals surface area contributed by atoms with E-state index in [2.05, 4.69) is 37.5 Å². The van der Waals surface area contributed by atoms with Crippen molar-refractivity contribution in [2.45, 2.75) is 26.2 Å². The van der Waals surface area contributed by atoms with Crippen LogP contribution in [0, 0.1) is 5.82 Å². The Kier molecular flexibility index (Phi) is 5.04. The lowest BCUT2D eigenvalue weighted by atomic mass is 9.86. The third-order valence-corrected chi connectivity index (χ3v) is 3.65. The molecule has 0 spiro atoms. The highest BCUT2D eigenvalue weighted by Gasteiger charge is 2.17. The third-order valence-electron chi connectivity index (χ3n) is 3.16. The van der Waals surface area contributed by atoms with Gasteiger partial charge < -0.3 is 10.6 Å². The summed E-state index contributed by atoms with van der Waals surface area (Å²) in [5.74, 6) is -0.454. The molecular formula is C17H18ClFN2S. The molecule has 2 rings (SSSR count). The van der Waals surface area contributed by atoms with Crippen molar-refractivity contribution in [3.8, 4) is 0 Å². The minimum absolute atomic E-state index is 0.00160. The van der Waals surface area contributed by atoms with E-state index in [1.165, 1.54) is 12.1 Å². The third kappa shape index (κ3) is 4.18. The number of halogens is 2. The predicted molar refractivity (Wildman–Crippen MR) is 96.4 cm³/mol. The normalized spacial score (nSPS) is 11.1. The molecule has 0 unspecified atom stereocenters. The van der Waals surface area contributed by atoms with Crippen molar-refractivity contribution in [3.63, 3.8) is 0 Å². The molecule has 0 aliphatic carbocycles. The molecule has 0 aliphatic heterocycles. The van der Waals surface area contributed by atoms with Gasteiger partial charge in [0.1, 0.15) is 5.82 Å². The number of anilines is 2. The summed E-state index contributed by atoms with van der Waals surface area (Å²) in [5, 5.41) is 6.68. The summed E-state index contributed by atoms with van der Waals surface area (Å²) in [6.07, 6.45) is 0. The molecule has 0 atom stereocenters. The largest absolute Gasteiger partial charge is 0.332 e. The maximum Gasteiger partial charge on any atom is 0.175 e. The number of nitrogens with one attached hydrogen (secondary N) is 2. The summed E-state index contributed by atoms with van der Waals surface area (Å²) >= 11 is 11.1. The Morgan fingerprint density at radius 1 is 1.09 bits per heavy atom. The van der Waals surface area contributed by atoms with Gasteiger partial charge in [0.15, 0.2) is 5.11 Å². The van der Waals surface area contributed by atoms with Crippen LogP contribution in [0.2, 0.25) is 5.02 Å². The standard InChI is InChI=1S/C17H18ClFN2S/c1-17(2,3)12-6-4-5-7-15(12)21-16(22)20-11-8-9-14(19)13(18)10-11/h4-10H,1-3H3,(H2,20,21,22). The van der Waals surface area contributed by atoms with Crippen molar-refractivity contribution in [3.05, 3.63) is 58.9 Å². The first-order chi connectivity index (χ1) is 10.3. The van der Waals surface area contributed by atoms with Crippen LogP contribution in [0.15, 0.2) is 42.5 Å². The molecule has 0 bridgehead atoms. The highest BCUT2D eigenvalue weighted by atomic mass is 35.5. The van der Waals surface area contributed by atoms with E-state index in [9.17, 15) is 4.39 Å². The van der Waals surface area contributed by atoms with Crippen molar-refractivity contribution >= 4 is 40.3 Å². The lowest BCUT2D eigenvalue weighted by molar-refractivity contribution is 0.592. The predicted octanol–water partition coefficient (Wildman–Crippen LogP) is 5.59. The van der Waals surface area contributed by atoms with Crippen LogP contribution in [0.3, 0.4) is 0 Å². The van der Waals surface area contributed by atoms with Crippen LogP contribution in [0.25, 0.3) is 0 Å². The second kappa shape index (κ2) is 6.63. The van der Waals surface area contributed by atoms with Crippen molar-refractivity contribution in [2.75, 3.05) is 10.6 Å². The highest BCUT2D eigenvalue weighted by Crippen LogP contribution is 2.29. The maximum absolute atomic E-state index is 13.2. The van der Waals surface area contributed by atoms with Crippen molar-refractivity contribution < 1.29 is 4.39 Å². The first-order valence-corrected chi connectivity index (χ1v) is 7.68.